The normalized spacial score (nSPS) is 20.0. The molecule has 2 unspecified atom stereocenters. The molecule has 6 nitrogen and oxygen atoms in total. The molecule has 0 bridgehead atoms. The van der Waals surface area contributed by atoms with Crippen LogP contribution in [0.25, 0.3) is 0 Å². The molecule has 118 valence electrons. The molecule has 1 aliphatic heterocycles. The molecule has 1 fully saturated rings. The number of hydrogen-bond acceptors (Lipinski definition) is 5. The minimum atomic E-state index is -1.45. The Morgan fingerprint density at radius 3 is 2.14 bits per heavy atom. The van der Waals surface area contributed by atoms with Gasteiger partial charge in [-0.2, -0.15) is 0 Å². The molecule has 0 radical (unpaired) electrons. The molecule has 0 aromatic rings. The zero-order chi connectivity index (χ0) is 16.4. The Kier molecular flexibility index (Phi) is 5.25. The monoisotopic (exact) mass is 297 g/mol. The highest BCUT2D eigenvalue weighted by molar-refractivity contribution is 6.18. The van der Waals surface area contributed by atoms with Crippen LogP contribution in [0.3, 0.4) is 0 Å². The van der Waals surface area contributed by atoms with Crippen LogP contribution in [0.4, 0.5) is 0 Å². The van der Waals surface area contributed by atoms with Crippen molar-refractivity contribution in [3.63, 3.8) is 0 Å². The lowest BCUT2D eigenvalue weighted by Gasteiger charge is -2.26. The fraction of sp³-hybridized carbons (Fsp3) is 0.733. The lowest BCUT2D eigenvalue weighted by molar-refractivity contribution is -0.165. The van der Waals surface area contributed by atoms with Gasteiger partial charge in [0.25, 0.3) is 0 Å². The first-order chi connectivity index (χ1) is 9.54. The summed E-state index contributed by atoms with van der Waals surface area (Å²) in [6, 6.07) is -0.705. The largest absolute Gasteiger partial charge is 0.459 e. The number of ketones is 2. The fourth-order valence-electron chi connectivity index (χ4n) is 2.47. The highest BCUT2D eigenvalue weighted by atomic mass is 16.6. The van der Waals surface area contributed by atoms with Crippen molar-refractivity contribution in [1.82, 2.24) is 4.90 Å². The Morgan fingerprint density at radius 1 is 1.14 bits per heavy atom. The van der Waals surface area contributed by atoms with Gasteiger partial charge in [-0.25, -0.2) is 0 Å². The Hall–Kier alpha value is -1.72. The lowest BCUT2D eigenvalue weighted by Crippen LogP contribution is -2.47. The van der Waals surface area contributed by atoms with Crippen molar-refractivity contribution in [2.45, 2.75) is 59.1 Å². The van der Waals surface area contributed by atoms with Crippen LogP contribution in [-0.4, -0.2) is 46.5 Å². The van der Waals surface area contributed by atoms with Crippen LogP contribution in [0.2, 0.25) is 0 Å². The van der Waals surface area contributed by atoms with E-state index in [4.69, 9.17) is 4.74 Å². The summed E-state index contributed by atoms with van der Waals surface area (Å²) in [5, 5.41) is 0. The molecule has 1 heterocycles. The van der Waals surface area contributed by atoms with Crippen LogP contribution in [-0.2, 0) is 23.9 Å². The van der Waals surface area contributed by atoms with E-state index in [9.17, 15) is 19.2 Å². The number of esters is 1. The van der Waals surface area contributed by atoms with Crippen molar-refractivity contribution >= 4 is 23.4 Å². The van der Waals surface area contributed by atoms with E-state index in [0.717, 1.165) is 0 Å². The first kappa shape index (κ1) is 17.3. The Bertz CT molecular complexity index is 463. The van der Waals surface area contributed by atoms with Crippen molar-refractivity contribution in [2.24, 2.45) is 5.92 Å². The third-order valence-corrected chi connectivity index (χ3v) is 3.32. The van der Waals surface area contributed by atoms with Gasteiger partial charge in [0.2, 0.25) is 5.91 Å². The van der Waals surface area contributed by atoms with Gasteiger partial charge in [-0.3, -0.25) is 19.2 Å². The molecule has 1 amide bonds. The van der Waals surface area contributed by atoms with Gasteiger partial charge in [-0.15, -0.1) is 0 Å². The van der Waals surface area contributed by atoms with E-state index in [0.29, 0.717) is 19.4 Å². The minimum Gasteiger partial charge on any atom is -0.459 e. The number of Topliss-reactive ketones (excluding diaryl/α,β-unsaturated/α-hetero) is 2. The van der Waals surface area contributed by atoms with Crippen molar-refractivity contribution in [2.75, 3.05) is 6.54 Å². The summed E-state index contributed by atoms with van der Waals surface area (Å²) in [5.41, 5.74) is -0.777. The number of nitrogens with zero attached hydrogens (tertiary/aromatic N) is 1. The molecule has 0 N–H and O–H groups in total. The number of rotatable bonds is 4. The maximum Gasteiger partial charge on any atom is 0.324 e. The zero-order valence-electron chi connectivity index (χ0n) is 13.3. The summed E-state index contributed by atoms with van der Waals surface area (Å²) in [6.45, 7) is 8.06. The summed E-state index contributed by atoms with van der Waals surface area (Å²) in [6.07, 6.45) is 1.17. The first-order valence-electron chi connectivity index (χ1n) is 7.09. The number of carbonyl (C=O) groups is 4. The molecule has 1 saturated heterocycles. The second kappa shape index (κ2) is 6.37. The number of hydrogen-bond donors (Lipinski definition) is 0. The SMILES string of the molecule is CC(=O)C(C(=O)OC(C)(C)C)C(=O)C1CCCN1C(C)=O. The van der Waals surface area contributed by atoms with Crippen LogP contribution in [0, 0.1) is 5.92 Å². The quantitative estimate of drug-likeness (QED) is 0.573. The molecular formula is C15H23NO5. The molecule has 1 aliphatic rings. The molecule has 1 rings (SSSR count). The lowest BCUT2D eigenvalue weighted by atomic mass is 9.93. The van der Waals surface area contributed by atoms with E-state index in [1.165, 1.54) is 18.7 Å². The smallest absolute Gasteiger partial charge is 0.324 e. The van der Waals surface area contributed by atoms with Crippen molar-refractivity contribution < 1.29 is 23.9 Å². The van der Waals surface area contributed by atoms with Gasteiger partial charge >= 0.3 is 5.97 Å². The molecule has 0 aliphatic carbocycles. The van der Waals surface area contributed by atoms with Gasteiger partial charge < -0.3 is 9.64 Å². The van der Waals surface area contributed by atoms with E-state index >= 15 is 0 Å². The molecular weight excluding hydrogens is 274 g/mol. The number of carbonyl (C=O) groups excluding carboxylic acids is 4. The maximum absolute atomic E-state index is 12.5. The van der Waals surface area contributed by atoms with Gasteiger partial charge in [0.15, 0.2) is 17.5 Å². The summed E-state index contributed by atoms with van der Waals surface area (Å²) >= 11 is 0. The van der Waals surface area contributed by atoms with Crippen molar-refractivity contribution in [3.05, 3.63) is 0 Å². The van der Waals surface area contributed by atoms with Crippen molar-refractivity contribution in [1.29, 1.82) is 0 Å². The number of likely N-dealkylation sites (tertiary alicyclic amines) is 1. The molecule has 0 aromatic heterocycles. The van der Waals surface area contributed by atoms with Gasteiger partial charge in [-0.05, 0) is 40.5 Å². The molecule has 6 heteroatoms. The van der Waals surface area contributed by atoms with Gasteiger partial charge in [0.05, 0.1) is 6.04 Å². The second-order valence-corrected chi connectivity index (χ2v) is 6.35. The predicted octanol–water partition coefficient (Wildman–Crippen LogP) is 1.11. The zero-order valence-corrected chi connectivity index (χ0v) is 13.3. The van der Waals surface area contributed by atoms with E-state index in [2.05, 4.69) is 0 Å². The van der Waals surface area contributed by atoms with Gasteiger partial charge in [0.1, 0.15) is 5.60 Å². The minimum absolute atomic E-state index is 0.225. The Morgan fingerprint density at radius 2 is 1.71 bits per heavy atom. The highest BCUT2D eigenvalue weighted by Gasteiger charge is 2.42. The summed E-state index contributed by atoms with van der Waals surface area (Å²) in [7, 11) is 0. The van der Waals surface area contributed by atoms with Crippen LogP contribution in [0.1, 0.15) is 47.5 Å². The third-order valence-electron chi connectivity index (χ3n) is 3.32. The summed E-state index contributed by atoms with van der Waals surface area (Å²) in [5.74, 6) is -3.60. The van der Waals surface area contributed by atoms with Crippen LogP contribution in [0.15, 0.2) is 0 Å². The van der Waals surface area contributed by atoms with Crippen LogP contribution in [0.5, 0.6) is 0 Å². The average molecular weight is 297 g/mol. The predicted molar refractivity (Wildman–Crippen MR) is 75.4 cm³/mol. The molecule has 0 saturated carbocycles. The Labute approximate surface area is 124 Å². The van der Waals surface area contributed by atoms with Crippen molar-refractivity contribution in [3.8, 4) is 0 Å². The van der Waals surface area contributed by atoms with Crippen LogP contribution < -0.4 is 0 Å². The van der Waals surface area contributed by atoms with Gasteiger partial charge in [-0.1, -0.05) is 0 Å². The molecule has 21 heavy (non-hydrogen) atoms. The molecule has 2 atom stereocenters. The highest BCUT2D eigenvalue weighted by Crippen LogP contribution is 2.23. The summed E-state index contributed by atoms with van der Waals surface area (Å²) < 4.78 is 5.15. The topological polar surface area (TPSA) is 80.8 Å². The fourth-order valence-corrected chi connectivity index (χ4v) is 2.47. The first-order valence-corrected chi connectivity index (χ1v) is 7.09. The third kappa shape index (κ3) is 4.37. The van der Waals surface area contributed by atoms with Gasteiger partial charge in [0, 0.05) is 13.5 Å². The standard InChI is InChI=1S/C15H23NO5/c1-9(17)12(14(20)21-15(3,4)5)13(19)11-7-6-8-16(11)10(2)18/h11-12H,6-8H2,1-5H3. The van der Waals surface area contributed by atoms with Crippen LogP contribution >= 0.6 is 0 Å². The molecule has 0 spiro atoms. The summed E-state index contributed by atoms with van der Waals surface area (Å²) in [4.78, 5) is 49.3. The maximum atomic E-state index is 12.5. The van der Waals surface area contributed by atoms with E-state index < -0.39 is 35.1 Å². The van der Waals surface area contributed by atoms with E-state index in [1.807, 2.05) is 0 Å². The Balaban J connectivity index is 2.95. The van der Waals surface area contributed by atoms with E-state index in [1.54, 1.807) is 20.8 Å². The number of amides is 1. The average Bonchev–Trinajstić information content (AvgIpc) is 2.74. The number of ether oxygens (including phenoxy) is 1. The second-order valence-electron chi connectivity index (χ2n) is 6.35. The van der Waals surface area contributed by atoms with E-state index in [-0.39, 0.29) is 5.91 Å². The molecule has 0 aromatic carbocycles.